The van der Waals surface area contributed by atoms with Crippen molar-refractivity contribution in [3.8, 4) is 5.75 Å². The van der Waals surface area contributed by atoms with Crippen LogP contribution in [0.2, 0.25) is 0 Å². The molecule has 1 fully saturated rings. The number of pyridine rings is 1. The molecular weight excluding hydrogens is 507 g/mol. The predicted octanol–water partition coefficient (Wildman–Crippen LogP) is 2.17. The SMILES string of the molecule is COc1cc(CNC(=O)c2cc(C3=NOC(c4ccc(=O)n(CC(=O)NC5CC5)c4)C3)nc(C)n2)ccc1F. The number of carbonyl (C=O) groups excluding carboxylic acids is 2. The largest absolute Gasteiger partial charge is 0.494 e. The van der Waals surface area contributed by atoms with E-state index in [1.165, 1.54) is 35.9 Å². The fraction of sp³-hybridized carbons (Fsp3) is 0.333. The molecule has 0 bridgehead atoms. The lowest BCUT2D eigenvalue weighted by Crippen LogP contribution is -2.33. The maximum absolute atomic E-state index is 13.7. The van der Waals surface area contributed by atoms with Crippen molar-refractivity contribution in [1.29, 1.82) is 0 Å². The Labute approximate surface area is 223 Å². The summed E-state index contributed by atoms with van der Waals surface area (Å²) in [5, 5.41) is 9.80. The van der Waals surface area contributed by atoms with E-state index >= 15 is 0 Å². The molecule has 2 aliphatic rings. The molecule has 1 unspecified atom stereocenters. The van der Waals surface area contributed by atoms with Gasteiger partial charge in [-0.2, -0.15) is 0 Å². The summed E-state index contributed by atoms with van der Waals surface area (Å²) in [5.41, 5.74) is 2.17. The van der Waals surface area contributed by atoms with E-state index in [-0.39, 0.29) is 42.0 Å². The van der Waals surface area contributed by atoms with E-state index in [4.69, 9.17) is 9.57 Å². The maximum Gasteiger partial charge on any atom is 0.270 e. The molecule has 39 heavy (non-hydrogen) atoms. The van der Waals surface area contributed by atoms with Crippen LogP contribution in [0.15, 0.2) is 52.5 Å². The second-order valence-corrected chi connectivity index (χ2v) is 9.44. The molecule has 5 rings (SSSR count). The first-order valence-electron chi connectivity index (χ1n) is 12.5. The van der Waals surface area contributed by atoms with Crippen LogP contribution < -0.4 is 20.9 Å². The lowest BCUT2D eigenvalue weighted by atomic mass is 10.0. The summed E-state index contributed by atoms with van der Waals surface area (Å²) >= 11 is 0. The Morgan fingerprint density at radius 1 is 1.18 bits per heavy atom. The Bertz CT molecular complexity index is 1520. The summed E-state index contributed by atoms with van der Waals surface area (Å²) in [6.07, 6.45) is 3.39. The number of ether oxygens (including phenoxy) is 1. The van der Waals surface area contributed by atoms with Crippen molar-refractivity contribution in [2.24, 2.45) is 5.16 Å². The molecular formula is C27H27FN6O5. The second-order valence-electron chi connectivity index (χ2n) is 9.44. The highest BCUT2D eigenvalue weighted by Gasteiger charge is 2.27. The van der Waals surface area contributed by atoms with Gasteiger partial charge in [-0.1, -0.05) is 11.2 Å². The number of halogens is 1. The highest BCUT2D eigenvalue weighted by molar-refractivity contribution is 6.02. The van der Waals surface area contributed by atoms with Gasteiger partial charge in [0.1, 0.15) is 23.8 Å². The molecule has 11 nitrogen and oxygen atoms in total. The zero-order valence-electron chi connectivity index (χ0n) is 21.4. The summed E-state index contributed by atoms with van der Waals surface area (Å²) in [5.74, 6) is -0.658. The average molecular weight is 535 g/mol. The lowest BCUT2D eigenvalue weighted by Gasteiger charge is -2.12. The Balaban J connectivity index is 1.25. The van der Waals surface area contributed by atoms with Gasteiger partial charge in [-0.3, -0.25) is 14.4 Å². The third-order valence-electron chi connectivity index (χ3n) is 6.34. The predicted molar refractivity (Wildman–Crippen MR) is 138 cm³/mol. The minimum Gasteiger partial charge on any atom is -0.494 e. The normalized spacial score (nSPS) is 16.3. The Kier molecular flexibility index (Phi) is 7.35. The van der Waals surface area contributed by atoms with Crippen LogP contribution >= 0.6 is 0 Å². The van der Waals surface area contributed by atoms with Gasteiger partial charge >= 0.3 is 0 Å². The van der Waals surface area contributed by atoms with Gasteiger partial charge in [0.05, 0.1) is 12.8 Å². The fourth-order valence-corrected chi connectivity index (χ4v) is 4.15. The molecule has 3 aromatic rings. The van der Waals surface area contributed by atoms with Gasteiger partial charge in [0.15, 0.2) is 17.7 Å². The van der Waals surface area contributed by atoms with Crippen molar-refractivity contribution in [1.82, 2.24) is 25.2 Å². The topological polar surface area (TPSA) is 137 Å². The first-order valence-corrected chi connectivity index (χ1v) is 12.5. The van der Waals surface area contributed by atoms with E-state index < -0.39 is 17.8 Å². The van der Waals surface area contributed by atoms with Crippen molar-refractivity contribution in [2.45, 2.75) is 51.4 Å². The molecule has 0 spiro atoms. The van der Waals surface area contributed by atoms with Gasteiger partial charge in [-0.25, -0.2) is 14.4 Å². The number of methoxy groups -OCH3 is 1. The number of rotatable bonds is 9. The highest BCUT2D eigenvalue weighted by atomic mass is 19.1. The third-order valence-corrected chi connectivity index (χ3v) is 6.34. The molecule has 3 heterocycles. The number of nitrogens with zero attached hydrogens (tertiary/aromatic N) is 4. The molecule has 202 valence electrons. The van der Waals surface area contributed by atoms with E-state index in [0.717, 1.165) is 12.8 Å². The first-order chi connectivity index (χ1) is 18.8. The van der Waals surface area contributed by atoms with Crippen LogP contribution in [0.5, 0.6) is 5.75 Å². The minimum atomic E-state index is -0.487. The number of hydrogen-bond donors (Lipinski definition) is 2. The van der Waals surface area contributed by atoms with Gasteiger partial charge in [-0.05, 0) is 49.6 Å². The molecule has 1 aliphatic heterocycles. The van der Waals surface area contributed by atoms with Crippen LogP contribution in [0.4, 0.5) is 4.39 Å². The number of amides is 2. The molecule has 2 amide bonds. The molecule has 2 N–H and O–H groups in total. The van der Waals surface area contributed by atoms with Gasteiger partial charge < -0.3 is 24.8 Å². The van der Waals surface area contributed by atoms with Crippen LogP contribution in [0.1, 0.15) is 58.5 Å². The number of oxime groups is 1. The van der Waals surface area contributed by atoms with Crippen LogP contribution in [-0.2, 0) is 22.7 Å². The highest BCUT2D eigenvalue weighted by Crippen LogP contribution is 2.29. The summed E-state index contributed by atoms with van der Waals surface area (Å²) in [6.45, 7) is 1.74. The average Bonchev–Trinajstić information content (AvgIpc) is 3.59. The molecule has 1 aromatic carbocycles. The monoisotopic (exact) mass is 534 g/mol. The van der Waals surface area contributed by atoms with Gasteiger partial charge in [-0.15, -0.1) is 0 Å². The number of nitrogens with one attached hydrogen (secondary N) is 2. The van der Waals surface area contributed by atoms with Gasteiger partial charge in [0.2, 0.25) is 5.91 Å². The molecule has 1 aliphatic carbocycles. The zero-order chi connectivity index (χ0) is 27.5. The van der Waals surface area contributed by atoms with E-state index in [1.807, 2.05) is 0 Å². The Morgan fingerprint density at radius 2 is 2.00 bits per heavy atom. The van der Waals surface area contributed by atoms with E-state index in [1.54, 1.807) is 25.3 Å². The van der Waals surface area contributed by atoms with Gasteiger partial charge in [0, 0.05) is 36.8 Å². The molecule has 1 atom stereocenters. The van der Waals surface area contributed by atoms with E-state index in [9.17, 15) is 18.8 Å². The van der Waals surface area contributed by atoms with Gasteiger partial charge in [0.25, 0.3) is 11.5 Å². The zero-order valence-corrected chi connectivity index (χ0v) is 21.4. The quantitative estimate of drug-likeness (QED) is 0.429. The Morgan fingerprint density at radius 3 is 2.77 bits per heavy atom. The summed E-state index contributed by atoms with van der Waals surface area (Å²) < 4.78 is 20.0. The number of carbonyl (C=O) groups is 2. The number of aryl methyl sites for hydroxylation is 1. The first kappa shape index (κ1) is 26.0. The van der Waals surface area contributed by atoms with Crippen molar-refractivity contribution in [3.05, 3.63) is 87.1 Å². The molecule has 1 saturated carbocycles. The Hall–Kier alpha value is -4.61. The van der Waals surface area contributed by atoms with Crippen molar-refractivity contribution >= 4 is 17.5 Å². The van der Waals surface area contributed by atoms with Crippen molar-refractivity contribution < 1.29 is 23.6 Å². The number of aromatic nitrogens is 3. The standard InChI is InChI=1S/C27H27FN6O5/c1-15-30-20(10-22(31-15)27(37)29-12-16-3-7-19(28)24(9-16)38-2)21-11-23(39-33-21)17-4-8-26(36)34(13-17)14-25(35)32-18-5-6-18/h3-4,7-10,13,18,23H,5-6,11-12,14H2,1-2H3,(H,29,37)(H,32,35). The summed E-state index contributed by atoms with van der Waals surface area (Å²) in [7, 11) is 1.37. The molecule has 12 heteroatoms. The van der Waals surface area contributed by atoms with Crippen LogP contribution in [0.25, 0.3) is 0 Å². The lowest BCUT2D eigenvalue weighted by molar-refractivity contribution is -0.121. The van der Waals surface area contributed by atoms with Crippen molar-refractivity contribution in [2.75, 3.05) is 7.11 Å². The van der Waals surface area contributed by atoms with E-state index in [0.29, 0.717) is 34.8 Å². The molecule has 2 aromatic heterocycles. The van der Waals surface area contributed by atoms with Crippen LogP contribution in [-0.4, -0.2) is 45.2 Å². The molecule has 0 radical (unpaired) electrons. The van der Waals surface area contributed by atoms with Crippen LogP contribution in [0.3, 0.4) is 0 Å². The minimum absolute atomic E-state index is 0.0715. The number of hydrogen-bond acceptors (Lipinski definition) is 8. The molecule has 0 saturated heterocycles. The van der Waals surface area contributed by atoms with E-state index in [2.05, 4.69) is 25.8 Å². The third kappa shape index (κ3) is 6.28. The second kappa shape index (κ2) is 11.0. The number of benzene rings is 1. The van der Waals surface area contributed by atoms with Crippen molar-refractivity contribution in [3.63, 3.8) is 0 Å². The summed E-state index contributed by atoms with van der Waals surface area (Å²) in [4.78, 5) is 51.6. The smallest absolute Gasteiger partial charge is 0.270 e. The fourth-order valence-electron chi connectivity index (χ4n) is 4.15. The maximum atomic E-state index is 13.7. The summed E-state index contributed by atoms with van der Waals surface area (Å²) in [6, 6.07) is 9.13. The van der Waals surface area contributed by atoms with Crippen LogP contribution in [0, 0.1) is 12.7 Å².